The summed E-state index contributed by atoms with van der Waals surface area (Å²) < 4.78 is 5.92. The second-order valence-corrected chi connectivity index (χ2v) is 10.6. The van der Waals surface area contributed by atoms with Crippen LogP contribution in [0.1, 0.15) is 108 Å². The Morgan fingerprint density at radius 3 is 2.50 bits per heavy atom. The van der Waals surface area contributed by atoms with Gasteiger partial charge in [0.1, 0.15) is 17.7 Å². The maximum atomic E-state index is 13.7. The van der Waals surface area contributed by atoms with E-state index in [4.69, 9.17) is 16.3 Å². The van der Waals surface area contributed by atoms with Gasteiger partial charge in [-0.05, 0) is 69.1 Å². The smallest absolute Gasteiger partial charge is 0.247 e. The third kappa shape index (κ3) is 9.14. The van der Waals surface area contributed by atoms with Crippen molar-refractivity contribution >= 4 is 23.4 Å². The molecule has 200 valence electrons. The standard InChI is InChI=1S/C30H45ClN2O3/c1-2-3-4-11-22-36-27-18-16-25(17-19-27)29(30(35)32-26-14-9-6-10-15-26)33(28(34)23-31)21-20-24-12-7-5-8-13-24/h12,16-19,26,29H,2-11,13-15,20-23H2,1H3,(H,32,35)/t29-/m0/s1. The van der Waals surface area contributed by atoms with E-state index in [2.05, 4.69) is 18.3 Å². The first-order valence-corrected chi connectivity index (χ1v) is 14.7. The maximum absolute atomic E-state index is 13.7. The lowest BCUT2D eigenvalue weighted by molar-refractivity contribution is -0.139. The summed E-state index contributed by atoms with van der Waals surface area (Å²) in [5.74, 6) is 0.356. The van der Waals surface area contributed by atoms with Gasteiger partial charge in [0.25, 0.3) is 0 Å². The number of allylic oxidation sites excluding steroid dienone is 1. The summed E-state index contributed by atoms with van der Waals surface area (Å²) in [6.45, 7) is 3.39. The second-order valence-electron chi connectivity index (χ2n) is 10.3. The molecule has 5 nitrogen and oxygen atoms in total. The van der Waals surface area contributed by atoms with Crippen LogP contribution in [0.3, 0.4) is 0 Å². The zero-order chi connectivity index (χ0) is 25.6. The fraction of sp³-hybridized carbons (Fsp3) is 0.667. The Balaban J connectivity index is 1.76. The average Bonchev–Trinajstić information content (AvgIpc) is 2.92. The molecule has 6 heteroatoms. The number of carbonyl (C=O) groups excluding carboxylic acids is 2. The van der Waals surface area contributed by atoms with Crippen molar-refractivity contribution in [1.82, 2.24) is 10.2 Å². The molecule has 0 heterocycles. The summed E-state index contributed by atoms with van der Waals surface area (Å²) in [5, 5.41) is 3.26. The van der Waals surface area contributed by atoms with Crippen molar-refractivity contribution in [2.24, 2.45) is 0 Å². The van der Waals surface area contributed by atoms with Gasteiger partial charge in [-0.1, -0.05) is 69.2 Å². The van der Waals surface area contributed by atoms with Crippen LogP contribution in [-0.4, -0.2) is 41.8 Å². The molecule has 0 bridgehead atoms. The van der Waals surface area contributed by atoms with Gasteiger partial charge in [0.15, 0.2) is 0 Å². The van der Waals surface area contributed by atoms with Crippen LogP contribution in [0.15, 0.2) is 35.9 Å². The lowest BCUT2D eigenvalue weighted by Crippen LogP contribution is -2.47. The van der Waals surface area contributed by atoms with Crippen LogP contribution < -0.4 is 10.1 Å². The monoisotopic (exact) mass is 516 g/mol. The highest BCUT2D eigenvalue weighted by Crippen LogP contribution is 2.28. The summed E-state index contributed by atoms with van der Waals surface area (Å²) in [4.78, 5) is 28.4. The van der Waals surface area contributed by atoms with Crippen molar-refractivity contribution in [2.45, 2.75) is 109 Å². The van der Waals surface area contributed by atoms with Gasteiger partial charge in [-0.2, -0.15) is 0 Å². The lowest BCUT2D eigenvalue weighted by Gasteiger charge is -2.33. The number of nitrogens with one attached hydrogen (secondary N) is 1. The van der Waals surface area contributed by atoms with E-state index in [9.17, 15) is 9.59 Å². The van der Waals surface area contributed by atoms with Crippen LogP contribution in [0.25, 0.3) is 0 Å². The van der Waals surface area contributed by atoms with Crippen molar-refractivity contribution in [2.75, 3.05) is 19.0 Å². The second kappa shape index (κ2) is 16.0. The van der Waals surface area contributed by atoms with Crippen LogP contribution in [0, 0.1) is 0 Å². The lowest BCUT2D eigenvalue weighted by atomic mass is 9.94. The molecule has 0 unspecified atom stereocenters. The van der Waals surface area contributed by atoms with Crippen molar-refractivity contribution in [3.05, 3.63) is 41.5 Å². The fourth-order valence-electron chi connectivity index (χ4n) is 5.34. The fourth-order valence-corrected chi connectivity index (χ4v) is 5.49. The predicted molar refractivity (Wildman–Crippen MR) is 147 cm³/mol. The zero-order valence-electron chi connectivity index (χ0n) is 22.1. The number of hydrogen-bond donors (Lipinski definition) is 1. The number of halogens is 1. The van der Waals surface area contributed by atoms with Crippen LogP contribution >= 0.6 is 11.6 Å². The third-order valence-corrected chi connectivity index (χ3v) is 7.70. The van der Waals surface area contributed by atoms with E-state index in [1.165, 1.54) is 44.1 Å². The van der Waals surface area contributed by atoms with Crippen LogP contribution in [0.5, 0.6) is 5.75 Å². The first-order valence-electron chi connectivity index (χ1n) is 14.2. The van der Waals surface area contributed by atoms with Crippen LogP contribution in [0.4, 0.5) is 0 Å². The first kappa shape index (κ1) is 28.6. The largest absolute Gasteiger partial charge is 0.494 e. The van der Waals surface area contributed by atoms with E-state index < -0.39 is 6.04 Å². The summed E-state index contributed by atoms with van der Waals surface area (Å²) >= 11 is 6.06. The molecule has 3 rings (SSSR count). The number of nitrogens with zero attached hydrogens (tertiary/aromatic N) is 1. The highest BCUT2D eigenvalue weighted by Gasteiger charge is 2.32. The van der Waals surface area contributed by atoms with E-state index in [0.717, 1.165) is 62.7 Å². The molecule has 1 saturated carbocycles. The van der Waals surface area contributed by atoms with Crippen molar-refractivity contribution < 1.29 is 14.3 Å². The molecule has 2 amide bonds. The van der Waals surface area contributed by atoms with E-state index in [1.54, 1.807) is 4.90 Å². The molecule has 2 aliphatic rings. The maximum Gasteiger partial charge on any atom is 0.247 e. The van der Waals surface area contributed by atoms with Crippen LogP contribution in [0.2, 0.25) is 0 Å². The molecule has 0 spiro atoms. The minimum Gasteiger partial charge on any atom is -0.494 e. The molecule has 0 saturated heterocycles. The Morgan fingerprint density at radius 2 is 1.83 bits per heavy atom. The number of rotatable bonds is 14. The van der Waals surface area contributed by atoms with E-state index in [-0.39, 0.29) is 23.7 Å². The number of hydrogen-bond acceptors (Lipinski definition) is 3. The van der Waals surface area contributed by atoms with E-state index in [0.29, 0.717) is 13.2 Å². The molecular weight excluding hydrogens is 472 g/mol. The van der Waals surface area contributed by atoms with E-state index in [1.807, 2.05) is 24.3 Å². The molecule has 0 aromatic heterocycles. The topological polar surface area (TPSA) is 58.6 Å². The summed E-state index contributed by atoms with van der Waals surface area (Å²) in [6, 6.07) is 7.18. The van der Waals surface area contributed by atoms with Crippen molar-refractivity contribution in [1.29, 1.82) is 0 Å². The van der Waals surface area contributed by atoms with Gasteiger partial charge in [0, 0.05) is 12.6 Å². The van der Waals surface area contributed by atoms with Gasteiger partial charge >= 0.3 is 0 Å². The van der Waals surface area contributed by atoms with Gasteiger partial charge < -0.3 is 15.0 Å². The Morgan fingerprint density at radius 1 is 1.06 bits per heavy atom. The third-order valence-electron chi connectivity index (χ3n) is 7.47. The molecule has 1 N–H and O–H groups in total. The first-order chi connectivity index (χ1) is 17.6. The van der Waals surface area contributed by atoms with Crippen LogP contribution in [-0.2, 0) is 9.59 Å². The van der Waals surface area contributed by atoms with Gasteiger partial charge in [0.2, 0.25) is 11.8 Å². The molecule has 0 radical (unpaired) electrons. The molecular formula is C30H45ClN2O3. The van der Waals surface area contributed by atoms with Gasteiger partial charge in [-0.25, -0.2) is 0 Å². The molecule has 1 fully saturated rings. The zero-order valence-corrected chi connectivity index (χ0v) is 22.9. The molecule has 36 heavy (non-hydrogen) atoms. The summed E-state index contributed by atoms with van der Waals surface area (Å²) in [7, 11) is 0. The Kier molecular flexibility index (Phi) is 12.7. The number of benzene rings is 1. The highest BCUT2D eigenvalue weighted by atomic mass is 35.5. The molecule has 1 aromatic rings. The quantitative estimate of drug-likeness (QED) is 0.163. The van der Waals surface area contributed by atoms with Gasteiger partial charge in [0.05, 0.1) is 6.61 Å². The molecule has 1 atom stereocenters. The Hall–Kier alpha value is -2.01. The molecule has 0 aliphatic heterocycles. The van der Waals surface area contributed by atoms with Crippen molar-refractivity contribution in [3.63, 3.8) is 0 Å². The molecule has 2 aliphatic carbocycles. The minimum absolute atomic E-state index is 0.105. The highest BCUT2D eigenvalue weighted by molar-refractivity contribution is 6.27. The number of amides is 2. The Bertz CT molecular complexity index is 833. The summed E-state index contributed by atoms with van der Waals surface area (Å²) in [6.07, 6.45) is 17.8. The van der Waals surface area contributed by atoms with Crippen molar-refractivity contribution in [3.8, 4) is 5.75 Å². The average molecular weight is 517 g/mol. The Labute approximate surface area is 223 Å². The number of ether oxygens (including phenoxy) is 1. The number of unbranched alkanes of at least 4 members (excludes halogenated alkanes) is 3. The predicted octanol–water partition coefficient (Wildman–Crippen LogP) is 7.09. The minimum atomic E-state index is -0.694. The SMILES string of the molecule is CCCCCCOc1ccc([C@@H](C(=O)NC2CCCCC2)N(CCC2=CCCCC2)C(=O)CCl)cc1. The van der Waals surface area contributed by atoms with E-state index >= 15 is 0 Å². The van der Waals surface area contributed by atoms with Gasteiger partial charge in [-0.3, -0.25) is 9.59 Å². The number of alkyl halides is 1. The molecule has 1 aromatic carbocycles. The number of carbonyl (C=O) groups is 2. The van der Waals surface area contributed by atoms with Gasteiger partial charge in [-0.15, -0.1) is 11.6 Å². The summed E-state index contributed by atoms with van der Waals surface area (Å²) in [5.41, 5.74) is 2.18. The normalized spacial score (nSPS) is 17.2.